The van der Waals surface area contributed by atoms with E-state index in [1.165, 1.54) is 44.9 Å². The van der Waals surface area contributed by atoms with Gasteiger partial charge in [-0.3, -0.25) is 19.6 Å². The minimum absolute atomic E-state index is 0.242. The number of benzene rings is 1. The van der Waals surface area contributed by atoms with Gasteiger partial charge in [0.1, 0.15) is 6.26 Å². The molecule has 0 unspecified atom stereocenters. The first-order chi connectivity index (χ1) is 13.2. The Bertz CT molecular complexity index is 937. The summed E-state index contributed by atoms with van der Waals surface area (Å²) in [7, 11) is 2.63. The molecule has 0 aliphatic carbocycles. The molecule has 0 aliphatic rings. The van der Waals surface area contributed by atoms with Crippen molar-refractivity contribution < 1.29 is 24.0 Å². The number of nitrogens with one attached hydrogen (secondary N) is 2. The minimum atomic E-state index is -1.94. The number of nitrogens with zero attached hydrogens (tertiary/aromatic N) is 2. The molecule has 0 saturated carbocycles. The number of hydrogen-bond acceptors (Lipinski definition) is 6. The molecule has 0 spiro atoms. The summed E-state index contributed by atoms with van der Waals surface area (Å²) in [5.41, 5.74) is 0.862. The van der Waals surface area contributed by atoms with Crippen LogP contribution in [0.2, 0.25) is 0 Å². The van der Waals surface area contributed by atoms with Crippen molar-refractivity contribution in [3.8, 4) is 11.8 Å². The van der Waals surface area contributed by atoms with Crippen LogP contribution in [0.5, 0.6) is 0 Å². The molecule has 0 radical (unpaired) electrons. The summed E-state index contributed by atoms with van der Waals surface area (Å²) < 4.78 is 5.07. The van der Waals surface area contributed by atoms with Gasteiger partial charge in [-0.15, -0.1) is 0 Å². The third-order valence-electron chi connectivity index (χ3n) is 4.27. The van der Waals surface area contributed by atoms with Crippen molar-refractivity contribution in [2.24, 2.45) is 0 Å². The second kappa shape index (κ2) is 8.37. The van der Waals surface area contributed by atoms with Crippen molar-refractivity contribution in [1.29, 1.82) is 0 Å². The van der Waals surface area contributed by atoms with Crippen molar-refractivity contribution in [1.82, 2.24) is 20.7 Å². The first-order valence-corrected chi connectivity index (χ1v) is 8.23. The monoisotopic (exact) mass is 384 g/mol. The highest BCUT2D eigenvalue weighted by Gasteiger charge is 2.47. The Kier molecular flexibility index (Phi) is 6.18. The molecule has 3 amide bonds. The van der Waals surface area contributed by atoms with Gasteiger partial charge in [-0.05, 0) is 37.1 Å². The summed E-state index contributed by atoms with van der Waals surface area (Å²) >= 11 is 0. The molecule has 2 aromatic rings. The number of amides is 3. The summed E-state index contributed by atoms with van der Waals surface area (Å²) in [4.78, 5) is 42.0. The lowest BCUT2D eigenvalue weighted by atomic mass is 9.96. The number of rotatable bonds is 4. The van der Waals surface area contributed by atoms with E-state index in [0.29, 0.717) is 17.1 Å². The van der Waals surface area contributed by atoms with E-state index in [2.05, 4.69) is 22.1 Å². The van der Waals surface area contributed by atoms with Crippen molar-refractivity contribution in [3.05, 3.63) is 53.2 Å². The summed E-state index contributed by atoms with van der Waals surface area (Å²) in [6, 6.07) is 6.31. The Labute approximate surface area is 161 Å². The van der Waals surface area contributed by atoms with E-state index < -0.39 is 23.3 Å². The van der Waals surface area contributed by atoms with Gasteiger partial charge < -0.3 is 14.6 Å². The molecule has 1 atom stereocenters. The van der Waals surface area contributed by atoms with E-state index >= 15 is 0 Å². The Morgan fingerprint density at radius 1 is 1.18 bits per heavy atom. The van der Waals surface area contributed by atoms with E-state index in [1.54, 1.807) is 19.1 Å². The van der Waals surface area contributed by atoms with Crippen LogP contribution < -0.4 is 10.8 Å². The third-order valence-corrected chi connectivity index (χ3v) is 4.27. The molecule has 0 bridgehead atoms. The molecule has 9 nitrogen and oxygen atoms in total. The van der Waals surface area contributed by atoms with E-state index in [1.807, 2.05) is 0 Å². The normalized spacial score (nSPS) is 12.2. The summed E-state index contributed by atoms with van der Waals surface area (Å²) in [5.74, 6) is 3.88. The largest absolute Gasteiger partial charge is 0.448 e. The zero-order chi connectivity index (χ0) is 20.9. The van der Waals surface area contributed by atoms with Crippen molar-refractivity contribution in [2.45, 2.75) is 19.4 Å². The number of hydrogen-bond donors (Lipinski definition) is 3. The molecule has 1 aromatic heterocycles. The number of aryl methyl sites for hydroxylation is 1. The average Bonchev–Trinajstić information content (AvgIpc) is 3.14. The molecule has 3 N–H and O–H groups in total. The predicted octanol–water partition coefficient (Wildman–Crippen LogP) is 0.465. The summed E-state index contributed by atoms with van der Waals surface area (Å²) in [5, 5.41) is 11.3. The fraction of sp³-hybridized carbons (Fsp3) is 0.263. The Morgan fingerprint density at radius 2 is 1.82 bits per heavy atom. The second-order valence-corrected chi connectivity index (χ2v) is 6.04. The standard InChI is InChI=1S/C19H20N4O5/c1-12-21-15(11-28-12)10-7-13-5-8-14(9-6-13)16(24)23(4)19(2,17(25)20-3)18(26)22-27/h5-6,8-9,11,27H,1-4H3,(H,20,25)(H,22,26)/t19-/m0/s1. The number of carbonyl (C=O) groups is 3. The molecule has 1 aromatic carbocycles. The minimum Gasteiger partial charge on any atom is -0.448 e. The van der Waals surface area contributed by atoms with Crippen LogP contribution in [-0.2, 0) is 9.59 Å². The van der Waals surface area contributed by atoms with Crippen LogP contribution in [0.15, 0.2) is 34.9 Å². The number of carbonyl (C=O) groups excluding carboxylic acids is 3. The molecule has 146 valence electrons. The molecule has 2 rings (SSSR count). The highest BCUT2D eigenvalue weighted by molar-refractivity contribution is 6.12. The first kappa shape index (κ1) is 20.7. The number of aromatic nitrogens is 1. The SMILES string of the molecule is CNC(=O)[C@@](C)(C(=O)NO)N(C)C(=O)c1ccc(C#Cc2coc(C)n2)cc1. The molecule has 1 heterocycles. The molecule has 0 saturated heterocycles. The zero-order valence-electron chi connectivity index (χ0n) is 15.9. The van der Waals surface area contributed by atoms with Gasteiger partial charge in [0.25, 0.3) is 17.7 Å². The topological polar surface area (TPSA) is 125 Å². The highest BCUT2D eigenvalue weighted by atomic mass is 16.5. The van der Waals surface area contributed by atoms with Gasteiger partial charge >= 0.3 is 0 Å². The molecule has 9 heteroatoms. The smallest absolute Gasteiger partial charge is 0.278 e. The lowest BCUT2D eigenvalue weighted by molar-refractivity contribution is -0.148. The molecule has 0 aliphatic heterocycles. The fourth-order valence-corrected chi connectivity index (χ4v) is 2.41. The highest BCUT2D eigenvalue weighted by Crippen LogP contribution is 2.18. The Hall–Kier alpha value is -3.64. The van der Waals surface area contributed by atoms with Gasteiger partial charge in [0.2, 0.25) is 0 Å². The van der Waals surface area contributed by atoms with Crippen molar-refractivity contribution in [2.75, 3.05) is 14.1 Å². The number of likely N-dealkylation sites (N-methyl/N-ethyl adjacent to an activating group) is 2. The van der Waals surface area contributed by atoms with Crippen molar-refractivity contribution in [3.63, 3.8) is 0 Å². The molecular weight excluding hydrogens is 364 g/mol. The third kappa shape index (κ3) is 4.02. The molecule has 0 fully saturated rings. The van der Waals surface area contributed by atoms with Crippen LogP contribution in [0.4, 0.5) is 0 Å². The lowest BCUT2D eigenvalue weighted by Gasteiger charge is -2.34. The van der Waals surface area contributed by atoms with E-state index in [-0.39, 0.29) is 5.56 Å². The lowest BCUT2D eigenvalue weighted by Crippen LogP contribution is -2.64. The Morgan fingerprint density at radius 3 is 2.32 bits per heavy atom. The summed E-state index contributed by atoms with van der Waals surface area (Å²) in [6.07, 6.45) is 1.45. The van der Waals surface area contributed by atoms with Gasteiger partial charge in [0.05, 0.1) is 0 Å². The predicted molar refractivity (Wildman–Crippen MR) is 98.2 cm³/mol. The van der Waals surface area contributed by atoms with Crippen LogP contribution in [0.3, 0.4) is 0 Å². The maximum absolute atomic E-state index is 12.8. The van der Waals surface area contributed by atoms with Crippen LogP contribution in [-0.4, -0.2) is 52.4 Å². The molecule has 28 heavy (non-hydrogen) atoms. The quantitative estimate of drug-likeness (QED) is 0.305. The second-order valence-electron chi connectivity index (χ2n) is 6.04. The van der Waals surface area contributed by atoms with Gasteiger partial charge in [-0.1, -0.05) is 5.92 Å². The molecular formula is C19H20N4O5. The Balaban J connectivity index is 2.24. The number of hydroxylamine groups is 1. The van der Waals surface area contributed by atoms with E-state index in [0.717, 1.165) is 4.90 Å². The van der Waals surface area contributed by atoms with Crippen molar-refractivity contribution >= 4 is 17.7 Å². The van der Waals surface area contributed by atoms with Crippen LogP contribution in [0.1, 0.15) is 34.4 Å². The maximum atomic E-state index is 12.8. The van der Waals surface area contributed by atoms with E-state index in [9.17, 15) is 14.4 Å². The van der Waals surface area contributed by atoms with Crippen LogP contribution in [0, 0.1) is 18.8 Å². The fourth-order valence-electron chi connectivity index (χ4n) is 2.41. The maximum Gasteiger partial charge on any atom is 0.278 e. The first-order valence-electron chi connectivity index (χ1n) is 8.23. The van der Waals surface area contributed by atoms with Gasteiger partial charge in [-0.25, -0.2) is 10.5 Å². The van der Waals surface area contributed by atoms with E-state index in [4.69, 9.17) is 9.62 Å². The van der Waals surface area contributed by atoms with Crippen LogP contribution in [0.25, 0.3) is 0 Å². The van der Waals surface area contributed by atoms with Gasteiger partial charge in [0.15, 0.2) is 17.1 Å². The van der Waals surface area contributed by atoms with Gasteiger partial charge in [0, 0.05) is 32.1 Å². The van der Waals surface area contributed by atoms with Gasteiger partial charge in [-0.2, -0.15) is 0 Å². The zero-order valence-corrected chi connectivity index (χ0v) is 15.9. The number of oxazole rings is 1. The summed E-state index contributed by atoms with van der Waals surface area (Å²) in [6.45, 7) is 2.95. The van der Waals surface area contributed by atoms with Crippen LogP contribution >= 0.6 is 0 Å². The average molecular weight is 384 g/mol.